The standard InChI is InChI=1S/C10H17N3O3S/c1-8(2)5-13-10(11-7-12-13)4-9(14)6-17(3,15)16/h7-8H,4-6H2,1-3H3. The fraction of sp³-hybridized carbons (Fsp3) is 0.700. The summed E-state index contributed by atoms with van der Waals surface area (Å²) in [5.74, 6) is 0.111. The molecule has 0 saturated carbocycles. The molecule has 0 aliphatic rings. The number of rotatable bonds is 6. The quantitative estimate of drug-likeness (QED) is 0.723. The van der Waals surface area contributed by atoms with Crippen LogP contribution in [-0.4, -0.2) is 41.0 Å². The van der Waals surface area contributed by atoms with Crippen LogP contribution in [0.3, 0.4) is 0 Å². The van der Waals surface area contributed by atoms with Crippen molar-refractivity contribution in [3.8, 4) is 0 Å². The lowest BCUT2D eigenvalue weighted by atomic mass is 10.2. The van der Waals surface area contributed by atoms with E-state index < -0.39 is 15.6 Å². The third-order valence-electron chi connectivity index (χ3n) is 2.01. The van der Waals surface area contributed by atoms with E-state index in [2.05, 4.69) is 10.1 Å². The van der Waals surface area contributed by atoms with Crippen LogP contribution in [-0.2, 0) is 27.6 Å². The lowest BCUT2D eigenvalue weighted by Crippen LogP contribution is -2.20. The molecule has 0 N–H and O–H groups in total. The van der Waals surface area contributed by atoms with Crippen molar-refractivity contribution in [2.75, 3.05) is 12.0 Å². The highest BCUT2D eigenvalue weighted by Crippen LogP contribution is 2.03. The van der Waals surface area contributed by atoms with Crippen LogP contribution in [0.1, 0.15) is 19.7 Å². The van der Waals surface area contributed by atoms with Crippen LogP contribution >= 0.6 is 0 Å². The fourth-order valence-electron chi connectivity index (χ4n) is 1.44. The molecule has 1 aromatic heterocycles. The van der Waals surface area contributed by atoms with Gasteiger partial charge in [0, 0.05) is 12.8 Å². The highest BCUT2D eigenvalue weighted by atomic mass is 32.2. The van der Waals surface area contributed by atoms with Crippen molar-refractivity contribution in [2.45, 2.75) is 26.8 Å². The predicted octanol–water partition coefficient (Wildman–Crippen LogP) is 0.0903. The number of Topliss-reactive ketones (excluding diaryl/α,β-unsaturated/α-hetero) is 1. The van der Waals surface area contributed by atoms with Gasteiger partial charge in [0.05, 0.1) is 6.42 Å². The van der Waals surface area contributed by atoms with Crippen LogP contribution in [0.5, 0.6) is 0 Å². The first-order valence-electron chi connectivity index (χ1n) is 5.34. The second kappa shape index (κ2) is 5.39. The van der Waals surface area contributed by atoms with Crippen molar-refractivity contribution < 1.29 is 13.2 Å². The smallest absolute Gasteiger partial charge is 0.155 e. The maximum absolute atomic E-state index is 11.5. The second-order valence-corrected chi connectivity index (χ2v) is 6.68. The average Bonchev–Trinajstić information content (AvgIpc) is 2.47. The summed E-state index contributed by atoms with van der Waals surface area (Å²) in [6, 6.07) is 0. The van der Waals surface area contributed by atoms with Gasteiger partial charge >= 0.3 is 0 Å². The van der Waals surface area contributed by atoms with Crippen molar-refractivity contribution in [1.82, 2.24) is 14.8 Å². The van der Waals surface area contributed by atoms with Crippen LogP contribution < -0.4 is 0 Å². The first kappa shape index (κ1) is 13.8. The number of sulfone groups is 1. The second-order valence-electron chi connectivity index (χ2n) is 4.54. The summed E-state index contributed by atoms with van der Waals surface area (Å²) in [6.07, 6.45) is 2.44. The van der Waals surface area contributed by atoms with Crippen molar-refractivity contribution in [1.29, 1.82) is 0 Å². The molecule has 1 rings (SSSR count). The molecule has 0 saturated heterocycles. The molecule has 1 heterocycles. The number of hydrogen-bond donors (Lipinski definition) is 0. The minimum Gasteiger partial charge on any atom is -0.298 e. The van der Waals surface area contributed by atoms with Crippen LogP contribution in [0.15, 0.2) is 6.33 Å². The zero-order valence-corrected chi connectivity index (χ0v) is 11.1. The van der Waals surface area contributed by atoms with Gasteiger partial charge in [-0.2, -0.15) is 5.10 Å². The fourth-order valence-corrected chi connectivity index (χ4v) is 2.13. The van der Waals surface area contributed by atoms with E-state index in [1.807, 2.05) is 13.8 Å². The van der Waals surface area contributed by atoms with Gasteiger partial charge in [0.15, 0.2) is 15.6 Å². The number of carbonyl (C=O) groups is 1. The molecule has 0 aromatic carbocycles. The van der Waals surface area contributed by atoms with Crippen molar-refractivity contribution in [3.05, 3.63) is 12.2 Å². The van der Waals surface area contributed by atoms with Crippen LogP contribution in [0, 0.1) is 5.92 Å². The Bertz CT molecular complexity index is 491. The molecule has 0 radical (unpaired) electrons. The van der Waals surface area contributed by atoms with Crippen molar-refractivity contribution >= 4 is 15.6 Å². The average molecular weight is 259 g/mol. The molecule has 96 valence electrons. The monoisotopic (exact) mass is 259 g/mol. The van der Waals surface area contributed by atoms with E-state index in [9.17, 15) is 13.2 Å². The van der Waals surface area contributed by atoms with Crippen LogP contribution in [0.25, 0.3) is 0 Å². The minimum atomic E-state index is -3.27. The molecule has 7 heteroatoms. The minimum absolute atomic E-state index is 0.0137. The molecule has 0 unspecified atom stereocenters. The van der Waals surface area contributed by atoms with Crippen LogP contribution in [0.4, 0.5) is 0 Å². The molecule has 0 aliphatic carbocycles. The summed E-state index contributed by atoms with van der Waals surface area (Å²) in [4.78, 5) is 15.5. The van der Waals surface area contributed by atoms with Gasteiger partial charge in [-0.1, -0.05) is 13.8 Å². The van der Waals surface area contributed by atoms with Crippen LogP contribution in [0.2, 0.25) is 0 Å². The molecule has 0 amide bonds. The van der Waals surface area contributed by atoms with E-state index in [1.165, 1.54) is 6.33 Å². The Hall–Kier alpha value is -1.24. The normalized spacial score (nSPS) is 12.0. The first-order valence-corrected chi connectivity index (χ1v) is 7.40. The molecule has 0 aliphatic heterocycles. The third-order valence-corrected chi connectivity index (χ3v) is 2.86. The van der Waals surface area contributed by atoms with Gasteiger partial charge in [0.1, 0.15) is 17.9 Å². The summed E-state index contributed by atoms with van der Waals surface area (Å²) in [5, 5.41) is 4.01. The molecule has 17 heavy (non-hydrogen) atoms. The van der Waals surface area contributed by atoms with Crippen molar-refractivity contribution in [2.24, 2.45) is 5.92 Å². The lowest BCUT2D eigenvalue weighted by Gasteiger charge is -2.07. The summed E-state index contributed by atoms with van der Waals surface area (Å²) in [7, 11) is -3.27. The number of ketones is 1. The Morgan fingerprint density at radius 3 is 2.65 bits per heavy atom. The highest BCUT2D eigenvalue weighted by Gasteiger charge is 2.15. The zero-order chi connectivity index (χ0) is 13.1. The number of carbonyl (C=O) groups excluding carboxylic acids is 1. The van der Waals surface area contributed by atoms with E-state index in [4.69, 9.17) is 0 Å². The van der Waals surface area contributed by atoms with E-state index in [0.29, 0.717) is 18.3 Å². The Morgan fingerprint density at radius 2 is 2.12 bits per heavy atom. The Kier molecular flexibility index (Phi) is 4.39. The topological polar surface area (TPSA) is 81.9 Å². The molecule has 1 aromatic rings. The molecule has 0 fully saturated rings. The van der Waals surface area contributed by atoms with Gasteiger partial charge in [0.2, 0.25) is 0 Å². The van der Waals surface area contributed by atoms with Gasteiger partial charge < -0.3 is 0 Å². The molecule has 0 atom stereocenters. The Balaban J connectivity index is 2.69. The van der Waals surface area contributed by atoms with Gasteiger partial charge in [-0.05, 0) is 5.92 Å². The molecule has 0 bridgehead atoms. The Labute approximate surface area is 101 Å². The summed E-state index contributed by atoms with van der Waals surface area (Å²) < 4.78 is 23.6. The summed E-state index contributed by atoms with van der Waals surface area (Å²) in [5.41, 5.74) is 0. The number of aromatic nitrogens is 3. The molecular weight excluding hydrogens is 242 g/mol. The maximum Gasteiger partial charge on any atom is 0.155 e. The van der Waals surface area contributed by atoms with E-state index in [0.717, 1.165) is 6.26 Å². The van der Waals surface area contributed by atoms with Gasteiger partial charge in [-0.3, -0.25) is 4.79 Å². The third kappa shape index (κ3) is 5.08. The SMILES string of the molecule is CC(C)Cn1ncnc1CC(=O)CS(C)(=O)=O. The van der Waals surface area contributed by atoms with E-state index in [1.54, 1.807) is 4.68 Å². The maximum atomic E-state index is 11.5. The summed E-state index contributed by atoms with van der Waals surface area (Å²) in [6.45, 7) is 4.73. The highest BCUT2D eigenvalue weighted by molar-refractivity contribution is 7.91. The van der Waals surface area contributed by atoms with E-state index in [-0.39, 0.29) is 12.2 Å². The molecular formula is C10H17N3O3S. The predicted molar refractivity (Wildman–Crippen MR) is 63.3 cm³/mol. The molecule has 0 spiro atoms. The van der Waals surface area contributed by atoms with Crippen molar-refractivity contribution in [3.63, 3.8) is 0 Å². The van der Waals surface area contributed by atoms with Gasteiger partial charge in [0.25, 0.3) is 0 Å². The number of nitrogens with zero attached hydrogens (tertiary/aromatic N) is 3. The van der Waals surface area contributed by atoms with E-state index >= 15 is 0 Å². The summed E-state index contributed by atoms with van der Waals surface area (Å²) >= 11 is 0. The van der Waals surface area contributed by atoms with Gasteiger partial charge in [-0.25, -0.2) is 18.1 Å². The Morgan fingerprint density at radius 1 is 1.47 bits per heavy atom. The first-order chi connectivity index (χ1) is 7.78. The lowest BCUT2D eigenvalue weighted by molar-refractivity contribution is -0.116. The molecule has 6 nitrogen and oxygen atoms in total. The zero-order valence-electron chi connectivity index (χ0n) is 10.3. The van der Waals surface area contributed by atoms with Gasteiger partial charge in [-0.15, -0.1) is 0 Å². The number of hydrogen-bond acceptors (Lipinski definition) is 5. The largest absolute Gasteiger partial charge is 0.298 e.